The molecule has 1 unspecified atom stereocenters. The van der Waals surface area contributed by atoms with E-state index in [-0.39, 0.29) is 0 Å². The number of benzene rings is 1. The smallest absolute Gasteiger partial charge is 0.0674 e. The van der Waals surface area contributed by atoms with Crippen LogP contribution in [0.2, 0.25) is 0 Å². The Morgan fingerprint density at radius 1 is 1.38 bits per heavy atom. The fourth-order valence-electron chi connectivity index (χ4n) is 2.19. The van der Waals surface area contributed by atoms with Crippen molar-refractivity contribution in [2.75, 3.05) is 19.7 Å². The molecule has 0 spiro atoms. The molecule has 0 bridgehead atoms. The molecule has 2 N–H and O–H groups in total. The lowest BCUT2D eigenvalue weighted by Gasteiger charge is -2.31. The molecule has 0 saturated carbocycles. The van der Waals surface area contributed by atoms with Gasteiger partial charge in [0.05, 0.1) is 12.7 Å². The summed E-state index contributed by atoms with van der Waals surface area (Å²) in [4.78, 5) is 2.43. The van der Waals surface area contributed by atoms with E-state index in [4.69, 9.17) is 10.5 Å². The second-order valence-corrected chi connectivity index (χ2v) is 4.39. The second kappa shape index (κ2) is 5.43. The normalized spacial score (nSPS) is 22.2. The lowest BCUT2D eigenvalue weighted by atomic mass is 10.1. The van der Waals surface area contributed by atoms with Gasteiger partial charge in [-0.25, -0.2) is 0 Å². The Bertz CT molecular complexity index is 340. The molecule has 1 aliphatic rings. The fraction of sp³-hybridized carbons (Fsp3) is 0.538. The van der Waals surface area contributed by atoms with Crippen molar-refractivity contribution >= 4 is 0 Å². The first-order valence-electron chi connectivity index (χ1n) is 5.90. The van der Waals surface area contributed by atoms with E-state index >= 15 is 0 Å². The van der Waals surface area contributed by atoms with Crippen molar-refractivity contribution in [3.05, 3.63) is 35.4 Å². The van der Waals surface area contributed by atoms with Crippen LogP contribution in [0.15, 0.2) is 24.3 Å². The van der Waals surface area contributed by atoms with Crippen molar-refractivity contribution in [2.45, 2.75) is 26.1 Å². The lowest BCUT2D eigenvalue weighted by Crippen LogP contribution is -2.40. The number of nitrogens with zero attached hydrogens (tertiary/aromatic N) is 1. The van der Waals surface area contributed by atoms with E-state index in [0.717, 1.165) is 26.2 Å². The van der Waals surface area contributed by atoms with Crippen LogP contribution < -0.4 is 5.73 Å². The summed E-state index contributed by atoms with van der Waals surface area (Å²) in [5.41, 5.74) is 8.34. The van der Waals surface area contributed by atoms with Gasteiger partial charge in [-0.3, -0.25) is 4.90 Å². The first kappa shape index (κ1) is 11.6. The van der Waals surface area contributed by atoms with Crippen molar-refractivity contribution in [2.24, 2.45) is 5.73 Å². The third kappa shape index (κ3) is 2.82. The fourth-order valence-corrected chi connectivity index (χ4v) is 2.19. The summed E-state index contributed by atoms with van der Waals surface area (Å²) in [5.74, 6) is 0. The van der Waals surface area contributed by atoms with Gasteiger partial charge in [0.2, 0.25) is 0 Å². The molecule has 3 nitrogen and oxygen atoms in total. The zero-order valence-corrected chi connectivity index (χ0v) is 9.86. The second-order valence-electron chi connectivity index (χ2n) is 4.39. The van der Waals surface area contributed by atoms with Crippen LogP contribution in [-0.2, 0) is 17.8 Å². The van der Waals surface area contributed by atoms with Gasteiger partial charge >= 0.3 is 0 Å². The molecule has 1 heterocycles. The first-order chi connectivity index (χ1) is 7.79. The lowest BCUT2D eigenvalue weighted by molar-refractivity contribution is -0.0212. The maximum Gasteiger partial charge on any atom is 0.0674 e. The molecule has 1 aliphatic heterocycles. The Hall–Kier alpha value is -0.900. The molecular weight excluding hydrogens is 200 g/mol. The summed E-state index contributed by atoms with van der Waals surface area (Å²) in [6, 6.07) is 8.41. The highest BCUT2D eigenvalue weighted by atomic mass is 16.5. The van der Waals surface area contributed by atoms with E-state index in [1.54, 1.807) is 0 Å². The molecular formula is C13H20N2O. The van der Waals surface area contributed by atoms with Crippen molar-refractivity contribution in [3.8, 4) is 0 Å². The van der Waals surface area contributed by atoms with E-state index < -0.39 is 0 Å². The number of ether oxygens (including phenoxy) is 1. The van der Waals surface area contributed by atoms with Crippen molar-refractivity contribution in [1.29, 1.82) is 0 Å². The van der Waals surface area contributed by atoms with Gasteiger partial charge in [0.15, 0.2) is 0 Å². The maximum absolute atomic E-state index is 5.74. The topological polar surface area (TPSA) is 38.5 Å². The van der Waals surface area contributed by atoms with Gasteiger partial charge in [-0.15, -0.1) is 0 Å². The standard InChI is InChI=1S/C13H20N2O/c1-11-9-15(6-7-16-11)10-13-5-3-2-4-12(13)8-14/h2-5,11H,6-10,14H2,1H3. The predicted molar refractivity (Wildman–Crippen MR) is 65.0 cm³/mol. The molecule has 0 radical (unpaired) electrons. The van der Waals surface area contributed by atoms with Gasteiger partial charge in [-0.1, -0.05) is 24.3 Å². The van der Waals surface area contributed by atoms with Crippen molar-refractivity contribution in [3.63, 3.8) is 0 Å². The monoisotopic (exact) mass is 220 g/mol. The Balaban J connectivity index is 2.02. The SMILES string of the molecule is CC1CN(Cc2ccccc2CN)CCO1. The molecule has 2 rings (SSSR count). The average molecular weight is 220 g/mol. The van der Waals surface area contributed by atoms with E-state index in [0.29, 0.717) is 12.6 Å². The molecule has 3 heteroatoms. The molecule has 1 aromatic rings. The summed E-state index contributed by atoms with van der Waals surface area (Å²) in [5, 5.41) is 0. The number of morpholine rings is 1. The molecule has 1 atom stereocenters. The molecule has 0 amide bonds. The molecule has 1 saturated heterocycles. The first-order valence-corrected chi connectivity index (χ1v) is 5.90. The molecule has 88 valence electrons. The quantitative estimate of drug-likeness (QED) is 0.836. The van der Waals surface area contributed by atoms with Crippen LogP contribution in [-0.4, -0.2) is 30.7 Å². The number of rotatable bonds is 3. The van der Waals surface area contributed by atoms with Crippen LogP contribution in [0.4, 0.5) is 0 Å². The third-order valence-electron chi connectivity index (χ3n) is 3.06. The Morgan fingerprint density at radius 3 is 2.81 bits per heavy atom. The predicted octanol–water partition coefficient (Wildman–Crippen LogP) is 1.37. The summed E-state index contributed by atoms with van der Waals surface area (Å²) < 4.78 is 5.54. The van der Waals surface area contributed by atoms with Gasteiger partial charge in [0.25, 0.3) is 0 Å². The summed E-state index contributed by atoms with van der Waals surface area (Å²) >= 11 is 0. The highest BCUT2D eigenvalue weighted by molar-refractivity contribution is 5.26. The summed E-state index contributed by atoms with van der Waals surface area (Å²) in [6.07, 6.45) is 0.346. The number of nitrogens with two attached hydrogens (primary N) is 1. The van der Waals surface area contributed by atoms with Gasteiger partial charge in [0.1, 0.15) is 0 Å². The molecule has 16 heavy (non-hydrogen) atoms. The maximum atomic E-state index is 5.74. The van der Waals surface area contributed by atoms with Crippen LogP contribution in [0.3, 0.4) is 0 Å². The van der Waals surface area contributed by atoms with Crippen molar-refractivity contribution < 1.29 is 4.74 Å². The van der Waals surface area contributed by atoms with Gasteiger partial charge < -0.3 is 10.5 Å². The highest BCUT2D eigenvalue weighted by Crippen LogP contribution is 2.13. The molecule has 1 aromatic carbocycles. The van der Waals surface area contributed by atoms with Crippen LogP contribution in [0.25, 0.3) is 0 Å². The molecule has 1 fully saturated rings. The number of hydrogen-bond acceptors (Lipinski definition) is 3. The number of hydrogen-bond donors (Lipinski definition) is 1. The summed E-state index contributed by atoms with van der Waals surface area (Å²) in [7, 11) is 0. The van der Waals surface area contributed by atoms with E-state index in [2.05, 4.69) is 30.0 Å². The molecule has 0 aromatic heterocycles. The van der Waals surface area contributed by atoms with E-state index in [1.807, 2.05) is 6.07 Å². The van der Waals surface area contributed by atoms with Gasteiger partial charge in [-0.05, 0) is 18.1 Å². The van der Waals surface area contributed by atoms with E-state index in [1.165, 1.54) is 11.1 Å². The zero-order valence-electron chi connectivity index (χ0n) is 9.86. The van der Waals surface area contributed by atoms with Crippen LogP contribution in [0.1, 0.15) is 18.1 Å². The molecule has 0 aliphatic carbocycles. The minimum atomic E-state index is 0.346. The minimum Gasteiger partial charge on any atom is -0.376 e. The largest absolute Gasteiger partial charge is 0.376 e. The van der Waals surface area contributed by atoms with Crippen LogP contribution in [0, 0.1) is 0 Å². The van der Waals surface area contributed by atoms with Gasteiger partial charge in [0, 0.05) is 26.2 Å². The minimum absolute atomic E-state index is 0.346. The average Bonchev–Trinajstić information content (AvgIpc) is 2.30. The Labute approximate surface area is 97.2 Å². The van der Waals surface area contributed by atoms with Gasteiger partial charge in [-0.2, -0.15) is 0 Å². The highest BCUT2D eigenvalue weighted by Gasteiger charge is 2.17. The van der Waals surface area contributed by atoms with Crippen LogP contribution >= 0.6 is 0 Å². The third-order valence-corrected chi connectivity index (χ3v) is 3.06. The summed E-state index contributed by atoms with van der Waals surface area (Å²) in [6.45, 7) is 6.60. The Morgan fingerprint density at radius 2 is 2.12 bits per heavy atom. The van der Waals surface area contributed by atoms with E-state index in [9.17, 15) is 0 Å². The van der Waals surface area contributed by atoms with Crippen molar-refractivity contribution in [1.82, 2.24) is 4.90 Å². The Kier molecular flexibility index (Phi) is 3.93. The van der Waals surface area contributed by atoms with Crippen LogP contribution in [0.5, 0.6) is 0 Å². The zero-order chi connectivity index (χ0) is 11.4.